The van der Waals surface area contributed by atoms with Crippen LogP contribution in [0.3, 0.4) is 0 Å². The Morgan fingerprint density at radius 3 is 2.43 bits per heavy atom. The van der Waals surface area contributed by atoms with Gasteiger partial charge in [-0.3, -0.25) is 4.79 Å². The first-order chi connectivity index (χ1) is 14.4. The maximum atomic E-state index is 12.0. The third kappa shape index (κ3) is 6.93. The van der Waals surface area contributed by atoms with E-state index >= 15 is 0 Å². The minimum Gasteiger partial charge on any atom is -0.368 e. The quantitative estimate of drug-likeness (QED) is 0.353. The number of piperazine rings is 1. The molecule has 1 aromatic heterocycles. The molecule has 9 heteroatoms. The van der Waals surface area contributed by atoms with Crippen molar-refractivity contribution in [2.24, 2.45) is 5.92 Å². The van der Waals surface area contributed by atoms with Gasteiger partial charge >= 0.3 is 0 Å². The minimum atomic E-state index is -0.0117. The Bertz CT molecular complexity index is 842. The van der Waals surface area contributed by atoms with Crippen LogP contribution < -0.4 is 15.1 Å². The number of anilines is 2. The number of hydrogen-bond donors (Lipinski definition) is 1. The summed E-state index contributed by atoms with van der Waals surface area (Å²) in [5, 5.41) is 4.59. The molecule has 0 saturated carbocycles. The monoisotopic (exact) mass is 467 g/mol. The van der Waals surface area contributed by atoms with E-state index < -0.39 is 0 Å². The average molecular weight is 468 g/mol. The Labute approximate surface area is 192 Å². The Kier molecular flexibility index (Phi) is 8.48. The van der Waals surface area contributed by atoms with E-state index in [1.807, 2.05) is 24.3 Å². The number of nitrogens with zero attached hydrogens (tertiary/aromatic N) is 4. The number of amides is 1. The van der Waals surface area contributed by atoms with Crippen LogP contribution in [0.25, 0.3) is 0 Å². The van der Waals surface area contributed by atoms with Crippen molar-refractivity contribution in [2.75, 3.05) is 48.3 Å². The van der Waals surface area contributed by atoms with Gasteiger partial charge in [-0.15, -0.1) is 0 Å². The number of carbonyl (C=O) groups excluding carboxylic acids is 1. The van der Waals surface area contributed by atoms with Gasteiger partial charge in [0.1, 0.15) is 11.0 Å². The average Bonchev–Trinajstić information content (AvgIpc) is 2.72. The summed E-state index contributed by atoms with van der Waals surface area (Å²) in [6.45, 7) is 8.38. The van der Waals surface area contributed by atoms with E-state index in [9.17, 15) is 4.79 Å². The van der Waals surface area contributed by atoms with Gasteiger partial charge in [-0.25, -0.2) is 9.97 Å². The van der Waals surface area contributed by atoms with Gasteiger partial charge in [0.05, 0.1) is 5.75 Å². The van der Waals surface area contributed by atoms with Gasteiger partial charge in [0.2, 0.25) is 5.91 Å². The summed E-state index contributed by atoms with van der Waals surface area (Å²) < 4.78 is 0. The van der Waals surface area contributed by atoms with Crippen LogP contribution in [0.5, 0.6) is 0 Å². The van der Waals surface area contributed by atoms with Gasteiger partial charge in [0.15, 0.2) is 5.16 Å². The van der Waals surface area contributed by atoms with Gasteiger partial charge in [-0.05, 0) is 36.6 Å². The smallest absolute Gasteiger partial charge is 0.230 e. The molecule has 1 aliphatic heterocycles. The van der Waals surface area contributed by atoms with E-state index in [4.69, 9.17) is 23.2 Å². The Morgan fingerprint density at radius 1 is 1.10 bits per heavy atom. The molecule has 3 rings (SSSR count). The zero-order valence-corrected chi connectivity index (χ0v) is 19.6. The van der Waals surface area contributed by atoms with Crippen molar-refractivity contribution in [1.82, 2.24) is 15.3 Å². The van der Waals surface area contributed by atoms with Crippen molar-refractivity contribution in [3.63, 3.8) is 0 Å². The third-order valence-corrected chi connectivity index (χ3v) is 6.13. The maximum absolute atomic E-state index is 12.0. The van der Waals surface area contributed by atoms with Crippen molar-refractivity contribution in [1.29, 1.82) is 0 Å². The molecular weight excluding hydrogens is 441 g/mol. The van der Waals surface area contributed by atoms with E-state index in [1.165, 1.54) is 17.4 Å². The highest BCUT2D eigenvalue weighted by Crippen LogP contribution is 2.25. The van der Waals surface area contributed by atoms with Crippen LogP contribution in [-0.4, -0.2) is 54.4 Å². The highest BCUT2D eigenvalue weighted by molar-refractivity contribution is 7.99. The van der Waals surface area contributed by atoms with Crippen molar-refractivity contribution in [3.05, 3.63) is 40.5 Å². The van der Waals surface area contributed by atoms with Gasteiger partial charge in [-0.1, -0.05) is 48.8 Å². The molecule has 1 N–H and O–H groups in total. The molecule has 1 fully saturated rings. The third-order valence-electron chi connectivity index (χ3n) is 4.83. The fraction of sp³-hybridized carbons (Fsp3) is 0.476. The number of carbonyl (C=O) groups is 1. The molecule has 30 heavy (non-hydrogen) atoms. The topological polar surface area (TPSA) is 61.4 Å². The molecule has 0 bridgehead atoms. The molecule has 2 aromatic rings. The first-order valence-corrected chi connectivity index (χ1v) is 11.8. The lowest BCUT2D eigenvalue weighted by atomic mass is 10.1. The number of hydrogen-bond acceptors (Lipinski definition) is 6. The lowest BCUT2D eigenvalue weighted by molar-refractivity contribution is -0.118. The summed E-state index contributed by atoms with van der Waals surface area (Å²) in [6.07, 6.45) is 0.968. The molecule has 2 heterocycles. The second kappa shape index (κ2) is 11.1. The normalized spacial score (nSPS) is 14.3. The van der Waals surface area contributed by atoms with Crippen LogP contribution in [0.1, 0.15) is 20.3 Å². The van der Waals surface area contributed by atoms with Gasteiger partial charge < -0.3 is 15.1 Å². The summed E-state index contributed by atoms with van der Waals surface area (Å²) in [4.78, 5) is 25.4. The van der Waals surface area contributed by atoms with E-state index in [2.05, 4.69) is 38.9 Å². The van der Waals surface area contributed by atoms with Crippen LogP contribution in [0.2, 0.25) is 10.2 Å². The number of rotatable bonds is 8. The molecule has 1 aromatic carbocycles. The van der Waals surface area contributed by atoms with Crippen LogP contribution >= 0.6 is 35.0 Å². The molecule has 0 radical (unpaired) electrons. The Hall–Kier alpha value is -1.70. The number of nitrogens with one attached hydrogen (secondary N) is 1. The van der Waals surface area contributed by atoms with Crippen molar-refractivity contribution in [2.45, 2.75) is 25.4 Å². The van der Waals surface area contributed by atoms with Crippen LogP contribution in [-0.2, 0) is 4.79 Å². The number of aromatic nitrogens is 2. The molecule has 6 nitrogen and oxygen atoms in total. The van der Waals surface area contributed by atoms with Crippen molar-refractivity contribution < 1.29 is 4.79 Å². The molecule has 162 valence electrons. The fourth-order valence-corrected chi connectivity index (χ4v) is 4.18. The lowest BCUT2D eigenvalue weighted by Gasteiger charge is -2.36. The Balaban J connectivity index is 1.54. The van der Waals surface area contributed by atoms with E-state index in [0.29, 0.717) is 22.8 Å². The zero-order valence-electron chi connectivity index (χ0n) is 17.3. The molecule has 0 unspecified atom stereocenters. The van der Waals surface area contributed by atoms with E-state index in [-0.39, 0.29) is 11.7 Å². The fourth-order valence-electron chi connectivity index (χ4n) is 3.14. The number of halogens is 2. The molecular formula is C21H27Cl2N5OS. The highest BCUT2D eigenvalue weighted by Gasteiger charge is 2.20. The second-order valence-electron chi connectivity index (χ2n) is 7.60. The van der Waals surface area contributed by atoms with Gasteiger partial charge in [-0.2, -0.15) is 0 Å². The highest BCUT2D eigenvalue weighted by atomic mass is 35.5. The summed E-state index contributed by atoms with van der Waals surface area (Å²) in [7, 11) is 0. The number of benzene rings is 1. The number of thioether (sulfide) groups is 1. The summed E-state index contributed by atoms with van der Waals surface area (Å²) in [6, 6.07) is 9.69. The Morgan fingerprint density at radius 2 is 1.77 bits per heavy atom. The van der Waals surface area contributed by atoms with E-state index in [1.54, 1.807) is 6.07 Å². The maximum Gasteiger partial charge on any atom is 0.230 e. The molecule has 1 aliphatic rings. The van der Waals surface area contributed by atoms with Crippen LogP contribution in [0.4, 0.5) is 11.5 Å². The summed E-state index contributed by atoms with van der Waals surface area (Å²) >= 11 is 13.5. The van der Waals surface area contributed by atoms with E-state index in [0.717, 1.165) is 43.4 Å². The zero-order chi connectivity index (χ0) is 21.5. The molecule has 0 spiro atoms. The first kappa shape index (κ1) is 23.0. The predicted molar refractivity (Wildman–Crippen MR) is 126 cm³/mol. The van der Waals surface area contributed by atoms with Crippen molar-refractivity contribution in [3.8, 4) is 0 Å². The van der Waals surface area contributed by atoms with Crippen LogP contribution in [0, 0.1) is 5.92 Å². The van der Waals surface area contributed by atoms with Gasteiger partial charge in [0, 0.05) is 49.5 Å². The SMILES string of the molecule is CC(C)CCNC(=O)CSc1nc(Cl)cc(N2CCN(c3ccc(Cl)cc3)CC2)n1. The second-order valence-corrected chi connectivity index (χ2v) is 9.37. The summed E-state index contributed by atoms with van der Waals surface area (Å²) in [5.41, 5.74) is 1.17. The van der Waals surface area contributed by atoms with Gasteiger partial charge in [0.25, 0.3) is 0 Å². The molecule has 0 atom stereocenters. The lowest BCUT2D eigenvalue weighted by Crippen LogP contribution is -2.46. The molecule has 1 saturated heterocycles. The minimum absolute atomic E-state index is 0.0117. The standard InChI is InChI=1S/C21H27Cl2N5OS/c1-15(2)7-8-24-20(29)14-30-21-25-18(23)13-19(26-21)28-11-9-27(10-12-28)17-5-3-16(22)4-6-17/h3-6,13,15H,7-12,14H2,1-2H3,(H,24,29). The molecule has 1 amide bonds. The van der Waals surface area contributed by atoms with Crippen LogP contribution in [0.15, 0.2) is 35.5 Å². The predicted octanol–water partition coefficient (Wildman–Crippen LogP) is 4.36. The first-order valence-electron chi connectivity index (χ1n) is 10.1. The summed E-state index contributed by atoms with van der Waals surface area (Å²) in [5.74, 6) is 1.63. The molecule has 0 aliphatic carbocycles. The largest absolute Gasteiger partial charge is 0.368 e. The van der Waals surface area contributed by atoms with Crippen molar-refractivity contribution >= 4 is 52.4 Å².